The molecule has 0 unspecified atom stereocenters. The molecule has 0 spiro atoms. The molecule has 28 heavy (non-hydrogen) atoms. The fraction of sp³-hybridized carbons (Fsp3) is 0.667. The second kappa shape index (κ2) is 11.1. The van der Waals surface area contributed by atoms with E-state index in [1.807, 2.05) is 6.92 Å². The van der Waals surface area contributed by atoms with Gasteiger partial charge < -0.3 is 10.2 Å². The third-order valence-corrected chi connectivity index (χ3v) is 7.33. The Bertz CT molecular complexity index is 684. The monoisotopic (exact) mass is 425 g/mol. The van der Waals surface area contributed by atoms with Crippen LogP contribution < -0.4 is 0 Å². The molecule has 1 aromatic rings. The van der Waals surface area contributed by atoms with Crippen molar-refractivity contribution in [3.8, 4) is 0 Å². The van der Waals surface area contributed by atoms with Crippen molar-refractivity contribution in [2.75, 3.05) is 5.75 Å². The number of hydrogen-bond acceptors (Lipinski definition) is 6. The Morgan fingerprint density at radius 2 is 2.25 bits per heavy atom. The molecular weight excluding hydrogens is 394 g/mol. The third kappa shape index (κ3) is 7.33. The lowest BCUT2D eigenvalue weighted by atomic mass is 9.90. The molecule has 156 valence electrons. The molecule has 0 radical (unpaired) electrons. The second-order valence-electron chi connectivity index (χ2n) is 7.80. The molecule has 1 heterocycles. The van der Waals surface area contributed by atoms with Crippen molar-refractivity contribution in [3.63, 3.8) is 0 Å². The van der Waals surface area contributed by atoms with E-state index in [0.717, 1.165) is 48.6 Å². The van der Waals surface area contributed by atoms with Crippen LogP contribution in [0.15, 0.2) is 21.9 Å². The number of allylic oxidation sites excluding steroid dienone is 1. The summed E-state index contributed by atoms with van der Waals surface area (Å²) in [5, 5.41) is 20.9. The normalized spacial score (nSPS) is 22.0. The van der Waals surface area contributed by atoms with Gasteiger partial charge >= 0.3 is 5.97 Å². The number of nitrogens with zero attached hydrogens (tertiary/aromatic N) is 1. The number of carbonyl (C=O) groups excluding carboxylic acids is 1. The van der Waals surface area contributed by atoms with E-state index in [2.05, 4.69) is 24.1 Å². The van der Waals surface area contributed by atoms with E-state index in [1.54, 1.807) is 5.38 Å². The number of carboxylic acids is 1. The number of aromatic nitrogens is 1. The van der Waals surface area contributed by atoms with Crippen molar-refractivity contribution in [1.29, 1.82) is 0 Å². The lowest BCUT2D eigenvalue weighted by Gasteiger charge is -2.22. The number of carboxylic acid groups (broad SMARTS) is 1. The molecule has 1 aliphatic carbocycles. The van der Waals surface area contributed by atoms with E-state index in [-0.39, 0.29) is 17.5 Å². The van der Waals surface area contributed by atoms with Crippen LogP contribution in [0.1, 0.15) is 75.7 Å². The van der Waals surface area contributed by atoms with E-state index in [4.69, 9.17) is 5.11 Å². The molecule has 0 saturated heterocycles. The fourth-order valence-electron chi connectivity index (χ4n) is 3.59. The van der Waals surface area contributed by atoms with Gasteiger partial charge in [0, 0.05) is 23.5 Å². The predicted molar refractivity (Wildman–Crippen MR) is 114 cm³/mol. The first-order valence-corrected chi connectivity index (χ1v) is 11.9. The minimum Gasteiger partial charge on any atom is -0.476 e. The number of Topliss-reactive ketones (excluding diaryl/α,β-unsaturated/α-hetero) is 1. The van der Waals surface area contributed by atoms with Crippen molar-refractivity contribution >= 4 is 34.9 Å². The Balaban J connectivity index is 1.80. The van der Waals surface area contributed by atoms with E-state index < -0.39 is 11.6 Å². The highest BCUT2D eigenvalue weighted by atomic mass is 32.2. The van der Waals surface area contributed by atoms with Crippen LogP contribution in [0.4, 0.5) is 0 Å². The maximum atomic E-state index is 12.3. The maximum Gasteiger partial charge on any atom is 0.355 e. The summed E-state index contributed by atoms with van der Waals surface area (Å²) in [7, 11) is 0. The largest absolute Gasteiger partial charge is 0.476 e. The van der Waals surface area contributed by atoms with Gasteiger partial charge in [0.05, 0.1) is 5.60 Å². The summed E-state index contributed by atoms with van der Waals surface area (Å²) < 4.78 is 0.734. The molecule has 0 bridgehead atoms. The summed E-state index contributed by atoms with van der Waals surface area (Å²) in [4.78, 5) is 27.2. The first kappa shape index (κ1) is 23.1. The van der Waals surface area contributed by atoms with Crippen LogP contribution in [0.5, 0.6) is 0 Å². The highest BCUT2D eigenvalue weighted by Gasteiger charge is 2.32. The molecule has 1 saturated carbocycles. The van der Waals surface area contributed by atoms with Gasteiger partial charge in [-0.25, -0.2) is 9.78 Å². The predicted octanol–water partition coefficient (Wildman–Crippen LogP) is 5.20. The number of ketones is 1. The zero-order chi connectivity index (χ0) is 20.6. The molecule has 0 aromatic carbocycles. The molecular formula is C21H31NO4S2. The van der Waals surface area contributed by atoms with E-state index in [0.29, 0.717) is 18.6 Å². The molecule has 1 aliphatic rings. The standard InChI is InChI=1S/C21H31NO4S2/c1-3-4-5-11-21(2,26)12-6-7-15-8-9-18(23)16(15)10-13-27-20-22-17(14-28-20)19(24)25/h6-7,14-16,26H,3-5,8-13H2,1-2H3,(H,24,25)/b7-6+/t15-,16-,21-/m1/s1. The number of aliphatic hydroxyl groups is 1. The second-order valence-corrected chi connectivity index (χ2v) is 10.0. The smallest absolute Gasteiger partial charge is 0.355 e. The molecule has 0 amide bonds. The van der Waals surface area contributed by atoms with Crippen LogP contribution in [0.25, 0.3) is 0 Å². The van der Waals surface area contributed by atoms with Gasteiger partial charge in [0.1, 0.15) is 5.78 Å². The van der Waals surface area contributed by atoms with Gasteiger partial charge in [-0.2, -0.15) is 0 Å². The maximum absolute atomic E-state index is 12.3. The van der Waals surface area contributed by atoms with Gasteiger partial charge in [0.2, 0.25) is 0 Å². The number of aromatic carboxylic acids is 1. The summed E-state index contributed by atoms with van der Waals surface area (Å²) in [5.74, 6) is 0.320. The zero-order valence-electron chi connectivity index (χ0n) is 16.7. The molecule has 7 heteroatoms. The summed E-state index contributed by atoms with van der Waals surface area (Å²) in [6.07, 6.45) is 11.2. The van der Waals surface area contributed by atoms with Crippen LogP contribution in [0, 0.1) is 11.8 Å². The van der Waals surface area contributed by atoms with Crippen molar-refractivity contribution in [2.45, 2.75) is 75.2 Å². The first-order chi connectivity index (χ1) is 13.3. The minimum absolute atomic E-state index is 0.0210. The summed E-state index contributed by atoms with van der Waals surface area (Å²) >= 11 is 2.85. The molecule has 3 atom stereocenters. The Hall–Kier alpha value is -1.18. The fourth-order valence-corrected chi connectivity index (χ4v) is 5.48. The molecule has 1 fully saturated rings. The summed E-state index contributed by atoms with van der Waals surface area (Å²) in [6, 6.07) is 0. The van der Waals surface area contributed by atoms with Gasteiger partial charge in [0.15, 0.2) is 10.0 Å². The minimum atomic E-state index is -1.01. The number of hydrogen-bond donors (Lipinski definition) is 2. The van der Waals surface area contributed by atoms with E-state index in [9.17, 15) is 14.7 Å². The van der Waals surface area contributed by atoms with E-state index in [1.165, 1.54) is 23.1 Å². The Kier molecular flexibility index (Phi) is 9.18. The Morgan fingerprint density at radius 1 is 1.46 bits per heavy atom. The SMILES string of the molecule is CCCCC[C@@](C)(O)C/C=C/[C@@H]1CCC(=O)[C@@H]1CCSc1nc(C(=O)O)cs1. The van der Waals surface area contributed by atoms with Gasteiger partial charge in [-0.1, -0.05) is 50.1 Å². The van der Waals surface area contributed by atoms with Gasteiger partial charge in [-0.05, 0) is 38.5 Å². The van der Waals surface area contributed by atoms with Crippen LogP contribution in [0.3, 0.4) is 0 Å². The number of thioether (sulfide) groups is 1. The molecule has 2 N–H and O–H groups in total. The number of rotatable bonds is 12. The lowest BCUT2D eigenvalue weighted by molar-refractivity contribution is -0.121. The summed E-state index contributed by atoms with van der Waals surface area (Å²) in [6.45, 7) is 4.05. The molecule has 5 nitrogen and oxygen atoms in total. The van der Waals surface area contributed by atoms with Gasteiger partial charge in [-0.15, -0.1) is 11.3 Å². The Labute approximate surface area is 175 Å². The van der Waals surface area contributed by atoms with Crippen LogP contribution in [-0.4, -0.2) is 38.3 Å². The topological polar surface area (TPSA) is 87.5 Å². The molecule has 1 aromatic heterocycles. The quantitative estimate of drug-likeness (QED) is 0.272. The highest BCUT2D eigenvalue weighted by Crippen LogP contribution is 2.35. The average molecular weight is 426 g/mol. The van der Waals surface area contributed by atoms with Crippen molar-refractivity contribution in [1.82, 2.24) is 4.98 Å². The zero-order valence-corrected chi connectivity index (χ0v) is 18.4. The van der Waals surface area contributed by atoms with Crippen LogP contribution in [0.2, 0.25) is 0 Å². The van der Waals surface area contributed by atoms with Crippen molar-refractivity contribution in [2.24, 2.45) is 11.8 Å². The third-order valence-electron chi connectivity index (χ3n) is 5.27. The molecule has 2 rings (SSSR count). The van der Waals surface area contributed by atoms with Crippen molar-refractivity contribution in [3.05, 3.63) is 23.2 Å². The average Bonchev–Trinajstić information content (AvgIpc) is 3.23. The lowest BCUT2D eigenvalue weighted by Crippen LogP contribution is -2.23. The number of thiazole rings is 1. The highest BCUT2D eigenvalue weighted by molar-refractivity contribution is 8.01. The van der Waals surface area contributed by atoms with E-state index >= 15 is 0 Å². The number of unbranched alkanes of at least 4 members (excludes halogenated alkanes) is 2. The molecule has 0 aliphatic heterocycles. The van der Waals surface area contributed by atoms with Gasteiger partial charge in [0.25, 0.3) is 0 Å². The van der Waals surface area contributed by atoms with Gasteiger partial charge in [-0.3, -0.25) is 4.79 Å². The van der Waals surface area contributed by atoms with Crippen LogP contribution in [-0.2, 0) is 4.79 Å². The summed E-state index contributed by atoms with van der Waals surface area (Å²) in [5.41, 5.74) is -0.594. The Morgan fingerprint density at radius 3 is 2.93 bits per heavy atom. The van der Waals surface area contributed by atoms with Crippen LogP contribution >= 0.6 is 23.1 Å². The number of carbonyl (C=O) groups is 2. The first-order valence-electron chi connectivity index (χ1n) is 10.1. The van der Waals surface area contributed by atoms with Crippen molar-refractivity contribution < 1.29 is 19.8 Å².